The monoisotopic (exact) mass is 422 g/mol. The van der Waals surface area contributed by atoms with Crippen LogP contribution in [0.25, 0.3) is 0 Å². The average Bonchev–Trinajstić information content (AvgIpc) is 2.60. The number of amides is 1. The maximum atomic E-state index is 11.8. The quantitative estimate of drug-likeness (QED) is 0.393. The van der Waals surface area contributed by atoms with Crippen molar-refractivity contribution in [3.05, 3.63) is 70.2 Å². The van der Waals surface area contributed by atoms with Crippen LogP contribution in [0.1, 0.15) is 5.56 Å². The second-order valence-corrected chi connectivity index (χ2v) is 6.12. The molecule has 130 valence electrons. The normalized spacial score (nSPS) is 10.5. The topological polar surface area (TPSA) is 59.9 Å². The number of hydrazone groups is 1. The molecule has 0 aliphatic rings. The Balaban J connectivity index is 1.87. The molecule has 7 heteroatoms. The van der Waals surface area contributed by atoms with Crippen molar-refractivity contribution in [1.29, 1.82) is 0 Å². The molecule has 2 rings (SSSR count). The molecule has 0 aromatic heterocycles. The molecule has 5 nitrogen and oxygen atoms in total. The fourth-order valence-corrected chi connectivity index (χ4v) is 2.54. The SMILES string of the molecule is C=CCOc1ccccc1/C=N/NC(=O)COc1ccc(Br)cc1Cl. The van der Waals surface area contributed by atoms with E-state index in [9.17, 15) is 4.79 Å². The van der Waals surface area contributed by atoms with Gasteiger partial charge in [0.25, 0.3) is 5.91 Å². The molecule has 0 fully saturated rings. The van der Waals surface area contributed by atoms with Crippen LogP contribution < -0.4 is 14.9 Å². The Kier molecular flexibility index (Phi) is 7.50. The Morgan fingerprint density at radius 3 is 2.80 bits per heavy atom. The van der Waals surface area contributed by atoms with Crippen LogP contribution >= 0.6 is 27.5 Å². The Hall–Kier alpha value is -2.31. The van der Waals surface area contributed by atoms with Gasteiger partial charge < -0.3 is 9.47 Å². The Morgan fingerprint density at radius 2 is 2.04 bits per heavy atom. The number of benzene rings is 2. The first-order valence-corrected chi connectivity index (χ1v) is 8.49. The number of hydrogen-bond donors (Lipinski definition) is 1. The van der Waals surface area contributed by atoms with E-state index in [1.54, 1.807) is 24.3 Å². The standard InChI is InChI=1S/C18H16BrClN2O3/c1-2-9-24-16-6-4-3-5-13(16)11-21-22-18(23)12-25-17-8-7-14(19)10-15(17)20/h2-8,10-11H,1,9,12H2,(H,22,23)/b21-11+. The van der Waals surface area contributed by atoms with E-state index in [0.717, 1.165) is 10.0 Å². The van der Waals surface area contributed by atoms with Gasteiger partial charge in [0, 0.05) is 10.0 Å². The summed E-state index contributed by atoms with van der Waals surface area (Å²) in [6, 6.07) is 12.5. The smallest absolute Gasteiger partial charge is 0.277 e. The van der Waals surface area contributed by atoms with Gasteiger partial charge in [-0.05, 0) is 30.3 Å². The summed E-state index contributed by atoms with van der Waals surface area (Å²) in [7, 11) is 0. The molecule has 0 saturated carbocycles. The third-order valence-corrected chi connectivity index (χ3v) is 3.71. The first-order chi connectivity index (χ1) is 12.1. The minimum atomic E-state index is -0.403. The van der Waals surface area contributed by atoms with E-state index in [4.69, 9.17) is 21.1 Å². The number of nitrogens with one attached hydrogen (secondary N) is 1. The van der Waals surface area contributed by atoms with Crippen molar-refractivity contribution in [2.24, 2.45) is 5.10 Å². The number of carbonyl (C=O) groups is 1. The van der Waals surface area contributed by atoms with Crippen LogP contribution in [0.15, 0.2) is 64.7 Å². The predicted octanol–water partition coefficient (Wildman–Crippen LogP) is 4.20. The highest BCUT2D eigenvalue weighted by Crippen LogP contribution is 2.27. The first kappa shape index (κ1) is 19.0. The summed E-state index contributed by atoms with van der Waals surface area (Å²) >= 11 is 9.32. The van der Waals surface area contributed by atoms with Crippen LogP contribution in [0, 0.1) is 0 Å². The van der Waals surface area contributed by atoms with Gasteiger partial charge in [0.05, 0.1) is 11.2 Å². The lowest BCUT2D eigenvalue weighted by Crippen LogP contribution is -2.24. The molecule has 1 amide bonds. The molecule has 0 aliphatic carbocycles. The number of para-hydroxylation sites is 1. The number of nitrogens with zero attached hydrogens (tertiary/aromatic N) is 1. The summed E-state index contributed by atoms with van der Waals surface area (Å²) in [4.78, 5) is 11.8. The van der Waals surface area contributed by atoms with Crippen molar-refractivity contribution in [1.82, 2.24) is 5.43 Å². The highest BCUT2D eigenvalue weighted by Gasteiger charge is 2.06. The minimum Gasteiger partial charge on any atom is -0.489 e. The fraction of sp³-hybridized carbons (Fsp3) is 0.111. The van der Waals surface area contributed by atoms with Gasteiger partial charge >= 0.3 is 0 Å². The van der Waals surface area contributed by atoms with Gasteiger partial charge in [0.1, 0.15) is 18.1 Å². The summed E-state index contributed by atoms with van der Waals surface area (Å²) in [5.74, 6) is 0.671. The van der Waals surface area contributed by atoms with E-state index >= 15 is 0 Å². The maximum absolute atomic E-state index is 11.8. The van der Waals surface area contributed by atoms with Crippen LogP contribution in [-0.2, 0) is 4.79 Å². The van der Waals surface area contributed by atoms with Gasteiger partial charge in [-0.25, -0.2) is 5.43 Å². The molecule has 0 radical (unpaired) electrons. The van der Waals surface area contributed by atoms with Crippen molar-refractivity contribution < 1.29 is 14.3 Å². The molecule has 0 heterocycles. The first-order valence-electron chi connectivity index (χ1n) is 7.32. The van der Waals surface area contributed by atoms with Gasteiger partial charge in [0.2, 0.25) is 0 Å². The molecule has 0 spiro atoms. The van der Waals surface area contributed by atoms with Crippen molar-refractivity contribution in [3.8, 4) is 11.5 Å². The molecule has 2 aromatic rings. The van der Waals surface area contributed by atoms with Gasteiger partial charge in [-0.2, -0.15) is 5.10 Å². The largest absolute Gasteiger partial charge is 0.489 e. The fourth-order valence-electron chi connectivity index (χ4n) is 1.81. The van der Waals surface area contributed by atoms with Gasteiger partial charge in [-0.15, -0.1) is 0 Å². The highest BCUT2D eigenvalue weighted by atomic mass is 79.9. The predicted molar refractivity (Wildman–Crippen MR) is 103 cm³/mol. The lowest BCUT2D eigenvalue weighted by atomic mass is 10.2. The highest BCUT2D eigenvalue weighted by molar-refractivity contribution is 9.10. The van der Waals surface area contributed by atoms with Crippen LogP contribution in [-0.4, -0.2) is 25.3 Å². The summed E-state index contributed by atoms with van der Waals surface area (Å²) < 4.78 is 11.7. The van der Waals surface area contributed by atoms with E-state index in [0.29, 0.717) is 23.1 Å². The van der Waals surface area contributed by atoms with Crippen LogP contribution in [0.5, 0.6) is 11.5 Å². The van der Waals surface area contributed by atoms with Crippen molar-refractivity contribution >= 4 is 39.7 Å². The van der Waals surface area contributed by atoms with E-state index < -0.39 is 5.91 Å². The summed E-state index contributed by atoms with van der Waals surface area (Å²) in [6.07, 6.45) is 3.16. The third kappa shape index (κ3) is 6.25. The zero-order chi connectivity index (χ0) is 18.1. The number of carbonyl (C=O) groups excluding carboxylic acids is 1. The van der Waals surface area contributed by atoms with Gasteiger partial charge in [0.15, 0.2) is 6.61 Å². The van der Waals surface area contributed by atoms with Crippen LogP contribution in [0.2, 0.25) is 5.02 Å². The molecule has 0 aliphatic heterocycles. The van der Waals surface area contributed by atoms with Gasteiger partial charge in [-0.3, -0.25) is 4.79 Å². The number of ether oxygens (including phenoxy) is 2. The number of halogens is 2. The second kappa shape index (κ2) is 9.86. The number of rotatable bonds is 8. The molecule has 0 saturated heterocycles. The lowest BCUT2D eigenvalue weighted by molar-refractivity contribution is -0.123. The average molecular weight is 424 g/mol. The van der Waals surface area contributed by atoms with Crippen molar-refractivity contribution in [3.63, 3.8) is 0 Å². The van der Waals surface area contributed by atoms with E-state index in [1.165, 1.54) is 6.21 Å². The van der Waals surface area contributed by atoms with E-state index in [-0.39, 0.29) is 6.61 Å². The molecule has 0 atom stereocenters. The molecule has 1 N–H and O–H groups in total. The molecule has 25 heavy (non-hydrogen) atoms. The Labute approximate surface area is 159 Å². The molecule has 0 bridgehead atoms. The Bertz CT molecular complexity index is 781. The summed E-state index contributed by atoms with van der Waals surface area (Å²) in [5, 5.41) is 4.32. The van der Waals surface area contributed by atoms with Gasteiger partial charge in [-0.1, -0.05) is 52.3 Å². The van der Waals surface area contributed by atoms with E-state index in [2.05, 4.69) is 33.0 Å². The lowest BCUT2D eigenvalue weighted by Gasteiger charge is -2.07. The molecular formula is C18H16BrClN2O3. The second-order valence-electron chi connectivity index (χ2n) is 4.79. The zero-order valence-electron chi connectivity index (χ0n) is 13.2. The van der Waals surface area contributed by atoms with E-state index in [1.807, 2.05) is 24.3 Å². The molecule has 0 unspecified atom stereocenters. The zero-order valence-corrected chi connectivity index (χ0v) is 15.6. The van der Waals surface area contributed by atoms with Crippen molar-refractivity contribution in [2.75, 3.05) is 13.2 Å². The maximum Gasteiger partial charge on any atom is 0.277 e. The van der Waals surface area contributed by atoms with Crippen molar-refractivity contribution in [2.45, 2.75) is 0 Å². The van der Waals surface area contributed by atoms with Crippen LogP contribution in [0.3, 0.4) is 0 Å². The van der Waals surface area contributed by atoms with Crippen LogP contribution in [0.4, 0.5) is 0 Å². The number of hydrogen-bond acceptors (Lipinski definition) is 4. The minimum absolute atomic E-state index is 0.201. The Morgan fingerprint density at radius 1 is 1.24 bits per heavy atom. The molecular weight excluding hydrogens is 408 g/mol. The summed E-state index contributed by atoms with van der Waals surface area (Å²) in [5.41, 5.74) is 3.13. The summed E-state index contributed by atoms with van der Waals surface area (Å²) in [6.45, 7) is 3.79. The third-order valence-electron chi connectivity index (χ3n) is 2.92. The molecule has 2 aromatic carbocycles.